The summed E-state index contributed by atoms with van der Waals surface area (Å²) in [5.41, 5.74) is 4.53. The number of nitrogens with zero attached hydrogens (tertiary/aromatic N) is 4. The third-order valence-corrected chi connectivity index (χ3v) is 7.16. The molecule has 4 aromatic carbocycles. The molecule has 7 aromatic rings. The molecule has 1 radical (unpaired) electrons. The minimum atomic E-state index is -2.36. The van der Waals surface area contributed by atoms with Crippen LogP contribution in [0.15, 0.2) is 109 Å². The normalized spacial score (nSPS) is 14.6. The van der Waals surface area contributed by atoms with Crippen molar-refractivity contribution >= 4 is 21.8 Å². The molecule has 0 bridgehead atoms. The van der Waals surface area contributed by atoms with Crippen LogP contribution >= 0.6 is 11.3 Å². The van der Waals surface area contributed by atoms with Crippen molar-refractivity contribution in [2.45, 2.75) is 20.6 Å². The van der Waals surface area contributed by atoms with Crippen LogP contribution in [-0.4, -0.2) is 19.5 Å². The average Bonchev–Trinajstić information content (AvgIpc) is 3.68. The third-order valence-electron chi connectivity index (χ3n) is 6.32. The second-order valence-electron chi connectivity index (χ2n) is 9.15. The van der Waals surface area contributed by atoms with Crippen LogP contribution in [0.4, 0.5) is 4.39 Å². The molecule has 0 spiro atoms. The molecule has 0 aliphatic heterocycles. The second-order valence-corrected chi connectivity index (χ2v) is 10.1. The van der Waals surface area contributed by atoms with Crippen molar-refractivity contribution in [1.29, 1.82) is 0 Å². The maximum atomic E-state index is 15.1. The summed E-state index contributed by atoms with van der Waals surface area (Å²) in [6.45, 7) is -6.70. The van der Waals surface area contributed by atoms with Gasteiger partial charge in [0.25, 0.3) is 0 Å². The summed E-state index contributed by atoms with van der Waals surface area (Å²) in [6.07, 6.45) is 1.30. The van der Waals surface area contributed by atoms with E-state index in [0.717, 1.165) is 22.5 Å². The van der Waals surface area contributed by atoms with Crippen molar-refractivity contribution in [3.05, 3.63) is 143 Å². The molecule has 7 rings (SSSR count). The van der Waals surface area contributed by atoms with Crippen molar-refractivity contribution in [3.63, 3.8) is 0 Å². The van der Waals surface area contributed by atoms with E-state index in [-0.39, 0.29) is 47.6 Å². The summed E-state index contributed by atoms with van der Waals surface area (Å²) in [6, 6.07) is 35.3. The van der Waals surface area contributed by atoms with E-state index in [2.05, 4.69) is 27.1 Å². The van der Waals surface area contributed by atoms with Crippen LogP contribution in [0, 0.1) is 38.5 Å². The predicted molar refractivity (Wildman–Crippen MR) is 169 cm³/mol. The Hall–Kier alpha value is -4.29. The monoisotopic (exact) mass is 768 g/mol. The standard InChI is InChI=1S/C23H15FN3S.C13H12N.Ir/c1-15-25-21-23(28-15)27(22(26-21)17-10-6-3-7-11-17)20-14-18(12-13-19(20)24)16-8-4-2-5-9-16;1-10-3-6-12(7-4-10)13-8-5-11(2)9-14-13;/h2-10,12-14H,1H3;3-6,8-9H,1-2H3;/q2*-1;/i1D3;1D3,2D3;. The molecule has 0 unspecified atom stereocenters. The number of thiazole rings is 1. The van der Waals surface area contributed by atoms with Gasteiger partial charge in [0.15, 0.2) is 5.65 Å². The fourth-order valence-electron chi connectivity index (χ4n) is 4.34. The number of pyridine rings is 1. The first-order valence-electron chi connectivity index (χ1n) is 17.3. The quantitative estimate of drug-likeness (QED) is 0.168. The van der Waals surface area contributed by atoms with Gasteiger partial charge in [-0.2, -0.15) is 0 Å². The molecular weight excluding hydrogens is 732 g/mol. The van der Waals surface area contributed by atoms with Crippen molar-refractivity contribution in [2.24, 2.45) is 0 Å². The van der Waals surface area contributed by atoms with Crippen LogP contribution in [-0.2, 0) is 20.1 Å². The Balaban J connectivity index is 0.000000217. The minimum Gasteiger partial charge on any atom is -0.321 e. The van der Waals surface area contributed by atoms with E-state index in [9.17, 15) is 0 Å². The maximum Gasteiger partial charge on any atom is 0.180 e. The topological polar surface area (TPSA) is 43.6 Å². The van der Waals surface area contributed by atoms with Gasteiger partial charge in [-0.15, -0.1) is 71.3 Å². The zero-order chi connectivity index (χ0) is 36.6. The molecule has 43 heavy (non-hydrogen) atoms. The molecule has 4 nitrogen and oxygen atoms in total. The van der Waals surface area contributed by atoms with E-state index in [1.54, 1.807) is 34.9 Å². The van der Waals surface area contributed by atoms with Gasteiger partial charge in [-0.1, -0.05) is 66.7 Å². The van der Waals surface area contributed by atoms with Crippen LogP contribution in [0.5, 0.6) is 0 Å². The van der Waals surface area contributed by atoms with E-state index < -0.39 is 26.4 Å². The molecule has 0 N–H and O–H groups in total. The van der Waals surface area contributed by atoms with Gasteiger partial charge in [-0.05, 0) is 48.2 Å². The van der Waals surface area contributed by atoms with E-state index >= 15 is 4.39 Å². The summed E-state index contributed by atoms with van der Waals surface area (Å²) in [4.78, 5) is 13.3. The van der Waals surface area contributed by atoms with Crippen molar-refractivity contribution in [1.82, 2.24) is 19.5 Å². The Labute approximate surface area is 281 Å². The fourth-order valence-corrected chi connectivity index (χ4v) is 5.11. The number of fused-ring (bicyclic) bond motifs is 1. The summed E-state index contributed by atoms with van der Waals surface area (Å²) < 4.78 is 83.5. The third kappa shape index (κ3) is 6.70. The van der Waals surface area contributed by atoms with Gasteiger partial charge in [-0.25, -0.2) is 9.37 Å². The number of benzene rings is 4. The Morgan fingerprint density at radius 2 is 1.63 bits per heavy atom. The van der Waals surface area contributed by atoms with Crippen molar-refractivity contribution < 1.29 is 36.8 Å². The van der Waals surface area contributed by atoms with Crippen LogP contribution in [0.2, 0.25) is 0 Å². The number of aryl methyl sites for hydroxylation is 3. The number of halogens is 1. The molecule has 0 saturated heterocycles. The van der Waals surface area contributed by atoms with Crippen LogP contribution in [0.3, 0.4) is 0 Å². The van der Waals surface area contributed by atoms with E-state index in [4.69, 9.17) is 12.3 Å². The number of imidazole rings is 1. The maximum absolute atomic E-state index is 15.1. The van der Waals surface area contributed by atoms with E-state index in [1.165, 1.54) is 30.5 Å². The number of rotatable bonds is 4. The van der Waals surface area contributed by atoms with Crippen LogP contribution in [0.1, 0.15) is 28.5 Å². The van der Waals surface area contributed by atoms with Crippen LogP contribution in [0.25, 0.3) is 49.9 Å². The van der Waals surface area contributed by atoms with Gasteiger partial charge in [0.1, 0.15) is 10.6 Å². The Morgan fingerprint density at radius 3 is 2.33 bits per heavy atom. The number of hydrogen-bond acceptors (Lipinski definition) is 4. The summed E-state index contributed by atoms with van der Waals surface area (Å²) >= 11 is 0.998. The van der Waals surface area contributed by atoms with Gasteiger partial charge < -0.3 is 9.55 Å². The SMILES string of the molecule is [2H]C([2H])([2H])c1c[c-]c(-c2ccc(C([2H])([2H])[2H])cn2)cc1.[2H]C([2H])([2H])c1nc2nc(-c3[c-]cccc3)n(-c3cc(-c4ccccc4)ccc3F)c2s1.[Ir]. The van der Waals surface area contributed by atoms with Gasteiger partial charge in [-0.3, -0.25) is 4.98 Å². The van der Waals surface area contributed by atoms with Gasteiger partial charge in [0.2, 0.25) is 0 Å². The predicted octanol–water partition coefficient (Wildman–Crippen LogP) is 9.23. The molecule has 0 aliphatic rings. The first-order chi connectivity index (χ1) is 24.1. The molecule has 215 valence electrons. The molecule has 3 heterocycles. The zero-order valence-electron chi connectivity index (χ0n) is 31.3. The molecule has 7 heteroatoms. The average molecular weight is 768 g/mol. The first kappa shape index (κ1) is 20.6. The minimum absolute atomic E-state index is 0. The first-order valence-corrected chi connectivity index (χ1v) is 13.6. The van der Waals surface area contributed by atoms with Crippen molar-refractivity contribution in [2.75, 3.05) is 0 Å². The Kier molecular flexibility index (Phi) is 6.39. The van der Waals surface area contributed by atoms with Crippen molar-refractivity contribution in [3.8, 4) is 39.5 Å². The van der Waals surface area contributed by atoms with E-state index in [1.807, 2.05) is 48.5 Å². The number of hydrogen-bond donors (Lipinski definition) is 0. The summed E-state index contributed by atoms with van der Waals surface area (Å²) in [5.74, 6) is 0.00977. The fraction of sp³-hybridized carbons (Fsp3) is 0.0833. The molecule has 0 aliphatic carbocycles. The Morgan fingerprint density at radius 1 is 0.791 bits per heavy atom. The van der Waals surface area contributed by atoms with Gasteiger partial charge in [0, 0.05) is 38.6 Å². The zero-order valence-corrected chi connectivity index (χ0v) is 25.5. The molecule has 0 fully saturated rings. The summed E-state index contributed by atoms with van der Waals surface area (Å²) in [7, 11) is 0. The van der Waals surface area contributed by atoms with Gasteiger partial charge in [0.05, 0.1) is 16.5 Å². The van der Waals surface area contributed by atoms with E-state index in [0.29, 0.717) is 27.5 Å². The second kappa shape index (κ2) is 13.3. The Bertz CT molecular complexity index is 2210. The van der Waals surface area contributed by atoms with Gasteiger partial charge >= 0.3 is 0 Å². The molecule has 3 aromatic heterocycles. The molecule has 0 atom stereocenters. The largest absolute Gasteiger partial charge is 0.321 e. The molecule has 0 saturated carbocycles. The number of aromatic nitrogens is 4. The van der Waals surface area contributed by atoms with Crippen LogP contribution < -0.4 is 0 Å². The smallest absolute Gasteiger partial charge is 0.180 e. The molecular formula is C36H27FIrN4S-2. The summed E-state index contributed by atoms with van der Waals surface area (Å²) in [5, 5.41) is -0.0260. The molecule has 0 amide bonds.